The normalized spacial score (nSPS) is 32.6. The molecule has 0 aromatic heterocycles. The number of hydrogen-bond donors (Lipinski definition) is 5. The Hall–Kier alpha value is -3.08. The first-order valence-corrected chi connectivity index (χ1v) is 20.0. The number of alkyl halides is 2. The fraction of sp³-hybridized carbons (Fsp3) is 0.667. The molecule has 52 heavy (non-hydrogen) atoms. The zero-order valence-electron chi connectivity index (χ0n) is 31.4. The monoisotopic (exact) mass is 721 g/mol. The van der Waals surface area contributed by atoms with E-state index in [0.29, 0.717) is 12.3 Å². The van der Waals surface area contributed by atoms with E-state index in [9.17, 15) is 23.5 Å². The summed E-state index contributed by atoms with van der Waals surface area (Å²) in [5, 5.41) is 23.6. The maximum atomic E-state index is 14.2. The number of fused-ring (bicyclic) bond motifs is 3. The summed E-state index contributed by atoms with van der Waals surface area (Å²) in [6.07, 6.45) is 28.1. The number of unbranched alkanes of at least 4 members (excludes halogenated alkanes) is 1. The summed E-state index contributed by atoms with van der Waals surface area (Å²) in [5.41, 5.74) is 1.80. The summed E-state index contributed by atoms with van der Waals surface area (Å²) < 4.78 is 28.0. The van der Waals surface area contributed by atoms with Gasteiger partial charge in [-0.1, -0.05) is 68.9 Å². The number of urea groups is 1. The lowest BCUT2D eigenvalue weighted by Crippen LogP contribution is -2.51. The van der Waals surface area contributed by atoms with Gasteiger partial charge < -0.3 is 26.0 Å². The summed E-state index contributed by atoms with van der Waals surface area (Å²) in [5.74, 6) is -2.12. The van der Waals surface area contributed by atoms with Crippen LogP contribution >= 0.6 is 0 Å². The number of hydrogen-bond acceptors (Lipinski definition) is 5. The van der Waals surface area contributed by atoms with Gasteiger partial charge in [0.15, 0.2) is 0 Å². The molecule has 286 valence electrons. The summed E-state index contributed by atoms with van der Waals surface area (Å²) in [7, 11) is 0. The Morgan fingerprint density at radius 1 is 1.04 bits per heavy atom. The van der Waals surface area contributed by atoms with Crippen LogP contribution in [0.15, 0.2) is 71.7 Å². The van der Waals surface area contributed by atoms with Crippen molar-refractivity contribution >= 4 is 11.9 Å². The Labute approximate surface area is 309 Å². The van der Waals surface area contributed by atoms with E-state index in [1.165, 1.54) is 0 Å². The first-order valence-electron chi connectivity index (χ1n) is 20.0. The SMILES string of the molecule is CC1CCCC([C@H](O)NC2CCN(CCCCC3(C(=O)NCC(C)(F)F)C4C=CC=CC4C4CC=CC(C)C43)CC2)=C1NC(=O)NC1=CCCC=C1. The number of carbonyl (C=O) groups is 2. The molecule has 1 saturated heterocycles. The minimum Gasteiger partial charge on any atom is -0.375 e. The largest absolute Gasteiger partial charge is 0.375 e. The van der Waals surface area contributed by atoms with E-state index in [2.05, 4.69) is 76.5 Å². The number of nitrogens with zero attached hydrogens (tertiary/aromatic N) is 1. The summed E-state index contributed by atoms with van der Waals surface area (Å²) in [6.45, 7) is 7.28. The average molecular weight is 722 g/mol. The van der Waals surface area contributed by atoms with Crippen molar-refractivity contribution in [1.29, 1.82) is 0 Å². The van der Waals surface area contributed by atoms with E-state index in [4.69, 9.17) is 0 Å². The van der Waals surface area contributed by atoms with Gasteiger partial charge in [0.1, 0.15) is 6.23 Å². The highest BCUT2D eigenvalue weighted by Gasteiger charge is 2.63. The second-order valence-corrected chi connectivity index (χ2v) is 16.5. The molecule has 0 bridgehead atoms. The zero-order chi connectivity index (χ0) is 36.9. The number of amides is 3. The Bertz CT molecular complexity index is 1470. The maximum Gasteiger partial charge on any atom is 0.323 e. The molecule has 7 unspecified atom stereocenters. The van der Waals surface area contributed by atoms with Crippen LogP contribution in [0.2, 0.25) is 0 Å². The summed E-state index contributed by atoms with van der Waals surface area (Å²) in [6, 6.07) is -0.0927. The van der Waals surface area contributed by atoms with Gasteiger partial charge in [-0.2, -0.15) is 0 Å². The van der Waals surface area contributed by atoms with Gasteiger partial charge in [0.2, 0.25) is 5.91 Å². The predicted molar refractivity (Wildman–Crippen MR) is 202 cm³/mol. The van der Waals surface area contributed by atoms with Gasteiger partial charge in [-0.05, 0) is 131 Å². The third-order valence-corrected chi connectivity index (χ3v) is 12.8. The molecule has 6 rings (SSSR count). The van der Waals surface area contributed by atoms with E-state index in [0.717, 1.165) is 108 Å². The van der Waals surface area contributed by atoms with Gasteiger partial charge in [-0.25, -0.2) is 13.6 Å². The molecule has 0 aromatic carbocycles. The molecule has 8 nitrogen and oxygen atoms in total. The van der Waals surface area contributed by atoms with Gasteiger partial charge in [0, 0.05) is 24.4 Å². The van der Waals surface area contributed by atoms with Crippen LogP contribution < -0.4 is 21.3 Å². The van der Waals surface area contributed by atoms with E-state index in [1.807, 2.05) is 18.2 Å². The van der Waals surface area contributed by atoms with E-state index >= 15 is 0 Å². The second kappa shape index (κ2) is 16.9. The van der Waals surface area contributed by atoms with Crippen LogP contribution in [-0.2, 0) is 4.79 Å². The predicted octanol–water partition coefficient (Wildman–Crippen LogP) is 7.09. The van der Waals surface area contributed by atoms with Crippen LogP contribution in [0.4, 0.5) is 13.6 Å². The Kier molecular flexibility index (Phi) is 12.6. The van der Waals surface area contributed by atoms with Gasteiger partial charge in [0.25, 0.3) is 5.92 Å². The molecule has 5 aliphatic carbocycles. The number of allylic oxidation sites excluding steroid dienone is 10. The summed E-state index contributed by atoms with van der Waals surface area (Å²) in [4.78, 5) is 29.5. The van der Waals surface area contributed by atoms with Crippen LogP contribution in [-0.4, -0.2) is 66.3 Å². The molecule has 8 atom stereocenters. The van der Waals surface area contributed by atoms with Crippen molar-refractivity contribution in [3.63, 3.8) is 0 Å². The van der Waals surface area contributed by atoms with Gasteiger partial charge in [-0.3, -0.25) is 10.1 Å². The molecule has 6 aliphatic rings. The quantitative estimate of drug-likeness (QED) is 0.0794. The van der Waals surface area contributed by atoms with Crippen molar-refractivity contribution in [2.24, 2.45) is 40.9 Å². The highest BCUT2D eigenvalue weighted by atomic mass is 19.3. The smallest absolute Gasteiger partial charge is 0.323 e. The molecule has 1 aliphatic heterocycles. The number of likely N-dealkylation sites (tertiary alicyclic amines) is 1. The standard InChI is InChI=1S/C42H61F2N5O3/c1-28-13-11-18-33-32-17-7-8-20-35(32)42(36(28)33,39(51)45-27-41(3,43)44)23-9-10-24-49-25-21-31(22-26-49)46-38(50)34-19-12-14-29(2)37(34)48-40(52)47-30-15-5-4-6-16-30/h5,7-8,11,13,15-17,20,28-29,31-33,35-36,38,46,50H,4,6,9-10,12,14,18-19,21-27H2,1-3H3,(H,45,51)(H2,47,48,52)/t28?,29?,32?,33?,35?,36?,38-,42?/m0/s1. The number of aliphatic hydroxyl groups is 1. The van der Waals surface area contributed by atoms with E-state index in [1.54, 1.807) is 0 Å². The first kappa shape index (κ1) is 38.6. The Morgan fingerprint density at radius 2 is 1.83 bits per heavy atom. The molecule has 5 N–H and O–H groups in total. The average Bonchev–Trinajstić information content (AvgIpc) is 3.42. The van der Waals surface area contributed by atoms with Crippen molar-refractivity contribution in [2.75, 3.05) is 26.2 Å². The van der Waals surface area contributed by atoms with Crippen molar-refractivity contribution in [3.8, 4) is 0 Å². The minimum absolute atomic E-state index is 0.00683. The van der Waals surface area contributed by atoms with Crippen LogP contribution in [0, 0.1) is 40.9 Å². The molecule has 1 heterocycles. The number of carbonyl (C=O) groups excluding carboxylic acids is 2. The van der Waals surface area contributed by atoms with Crippen molar-refractivity contribution in [3.05, 3.63) is 71.7 Å². The summed E-state index contributed by atoms with van der Waals surface area (Å²) >= 11 is 0. The van der Waals surface area contributed by atoms with Crippen LogP contribution in [0.1, 0.15) is 91.4 Å². The van der Waals surface area contributed by atoms with Gasteiger partial charge in [-0.15, -0.1) is 0 Å². The minimum atomic E-state index is -2.96. The highest BCUT2D eigenvalue weighted by Crippen LogP contribution is 2.63. The van der Waals surface area contributed by atoms with Crippen LogP contribution in [0.25, 0.3) is 0 Å². The van der Waals surface area contributed by atoms with Crippen molar-refractivity contribution in [2.45, 2.75) is 110 Å². The lowest BCUT2D eigenvalue weighted by molar-refractivity contribution is -0.139. The Morgan fingerprint density at radius 3 is 2.58 bits per heavy atom. The Balaban J connectivity index is 1.02. The van der Waals surface area contributed by atoms with Crippen LogP contribution in [0.3, 0.4) is 0 Å². The number of piperidine rings is 1. The number of aliphatic hydroxyl groups excluding tert-OH is 1. The molecule has 2 fully saturated rings. The lowest BCUT2D eigenvalue weighted by Gasteiger charge is -2.43. The third-order valence-electron chi connectivity index (χ3n) is 12.8. The topological polar surface area (TPSA) is 106 Å². The van der Waals surface area contributed by atoms with E-state index in [-0.39, 0.29) is 47.6 Å². The fourth-order valence-electron chi connectivity index (χ4n) is 10.3. The first-order chi connectivity index (χ1) is 25.0. The zero-order valence-corrected chi connectivity index (χ0v) is 31.4. The van der Waals surface area contributed by atoms with Crippen molar-refractivity contribution < 1.29 is 23.5 Å². The molecular weight excluding hydrogens is 660 g/mol. The molecule has 10 heteroatoms. The highest BCUT2D eigenvalue weighted by molar-refractivity contribution is 5.85. The van der Waals surface area contributed by atoms with Gasteiger partial charge >= 0.3 is 6.03 Å². The van der Waals surface area contributed by atoms with Gasteiger partial charge in [0.05, 0.1) is 12.0 Å². The molecule has 0 aromatic rings. The maximum absolute atomic E-state index is 14.2. The lowest BCUT2D eigenvalue weighted by atomic mass is 9.61. The molecule has 3 amide bonds. The van der Waals surface area contributed by atoms with Crippen LogP contribution in [0.5, 0.6) is 0 Å². The number of nitrogens with one attached hydrogen (secondary N) is 4. The molecule has 0 radical (unpaired) electrons. The van der Waals surface area contributed by atoms with E-state index < -0.39 is 24.1 Å². The molecule has 0 spiro atoms. The fourth-order valence-corrected chi connectivity index (χ4v) is 10.3. The molecule has 1 saturated carbocycles. The molecular formula is C42H61F2N5O3. The number of rotatable bonds is 13. The third kappa shape index (κ3) is 8.82. The van der Waals surface area contributed by atoms with Crippen molar-refractivity contribution in [1.82, 2.24) is 26.2 Å². The number of halogens is 2. The second-order valence-electron chi connectivity index (χ2n) is 16.5.